The predicted octanol–water partition coefficient (Wildman–Crippen LogP) is 4.79. The summed E-state index contributed by atoms with van der Waals surface area (Å²) in [7, 11) is 0. The van der Waals surface area contributed by atoms with E-state index in [0.717, 1.165) is 22.7 Å². The first kappa shape index (κ1) is 19.2. The Hall–Kier alpha value is -2.17. The number of carbonyl (C=O) groups is 1. The second kappa shape index (κ2) is 9.35. The van der Waals surface area contributed by atoms with Gasteiger partial charge in [-0.15, -0.1) is 0 Å². The van der Waals surface area contributed by atoms with Gasteiger partial charge in [0.05, 0.1) is 5.92 Å². The topological polar surface area (TPSA) is 41.1 Å². The Morgan fingerprint density at radius 2 is 1.96 bits per heavy atom. The maximum atomic E-state index is 12.9. The van der Waals surface area contributed by atoms with Crippen LogP contribution in [0.15, 0.2) is 60.7 Å². The lowest BCUT2D eigenvalue weighted by Crippen LogP contribution is -2.24. The second-order valence-electron chi connectivity index (χ2n) is 5.93. The minimum Gasteiger partial charge on any atom is -0.326 e. The van der Waals surface area contributed by atoms with Crippen molar-refractivity contribution in [2.24, 2.45) is 5.92 Å². The van der Waals surface area contributed by atoms with Crippen molar-refractivity contribution in [3.05, 3.63) is 77.1 Å². The lowest BCUT2D eigenvalue weighted by molar-refractivity contribution is -0.118. The van der Waals surface area contributed by atoms with Crippen LogP contribution in [0.4, 0.5) is 10.1 Å². The third-order valence-corrected chi connectivity index (χ3v) is 4.19. The molecule has 0 radical (unpaired) electrons. The van der Waals surface area contributed by atoms with Crippen LogP contribution in [0.2, 0.25) is 5.02 Å². The second-order valence-corrected chi connectivity index (χ2v) is 6.37. The monoisotopic (exact) mass is 360 g/mol. The summed E-state index contributed by atoms with van der Waals surface area (Å²) in [6.45, 7) is 7.26. The van der Waals surface area contributed by atoms with Gasteiger partial charge in [0.1, 0.15) is 5.82 Å². The molecule has 132 valence electrons. The lowest BCUT2D eigenvalue weighted by atomic mass is 9.98. The Labute approximate surface area is 152 Å². The van der Waals surface area contributed by atoms with Gasteiger partial charge in [-0.25, -0.2) is 4.39 Å². The largest absolute Gasteiger partial charge is 0.326 e. The number of anilines is 1. The zero-order chi connectivity index (χ0) is 18.2. The van der Waals surface area contributed by atoms with Crippen molar-refractivity contribution in [3.8, 4) is 0 Å². The summed E-state index contributed by atoms with van der Waals surface area (Å²) in [6, 6.07) is 13.4. The normalized spacial score (nSPS) is 11.8. The molecule has 0 unspecified atom stereocenters. The Kier molecular flexibility index (Phi) is 7.16. The summed E-state index contributed by atoms with van der Waals surface area (Å²) >= 11 is 5.95. The van der Waals surface area contributed by atoms with Crippen molar-refractivity contribution in [3.63, 3.8) is 0 Å². The van der Waals surface area contributed by atoms with Gasteiger partial charge in [-0.05, 0) is 61.9 Å². The summed E-state index contributed by atoms with van der Waals surface area (Å²) in [5.74, 6) is -0.800. The Morgan fingerprint density at radius 3 is 2.64 bits per heavy atom. The predicted molar refractivity (Wildman–Crippen MR) is 101 cm³/mol. The van der Waals surface area contributed by atoms with Crippen molar-refractivity contribution < 1.29 is 9.18 Å². The van der Waals surface area contributed by atoms with E-state index < -0.39 is 0 Å². The smallest absolute Gasteiger partial charge is 0.231 e. The lowest BCUT2D eigenvalue weighted by Gasteiger charge is -2.15. The number of amides is 1. The number of benzene rings is 2. The summed E-state index contributed by atoms with van der Waals surface area (Å²) < 4.78 is 12.9. The molecule has 0 aliphatic rings. The average molecular weight is 361 g/mol. The fraction of sp³-hybridized carbons (Fsp3) is 0.250. The van der Waals surface area contributed by atoms with Gasteiger partial charge >= 0.3 is 0 Å². The number of hydrogen-bond acceptors (Lipinski definition) is 2. The van der Waals surface area contributed by atoms with Crippen LogP contribution in [-0.2, 0) is 11.3 Å². The molecule has 5 heteroatoms. The third kappa shape index (κ3) is 6.33. The third-order valence-electron chi connectivity index (χ3n) is 3.96. The number of halogens is 2. The minimum absolute atomic E-state index is 0.147. The first-order chi connectivity index (χ1) is 12.0. The molecule has 0 fully saturated rings. The van der Waals surface area contributed by atoms with Gasteiger partial charge in [0.25, 0.3) is 0 Å². The molecule has 0 bridgehead atoms. The number of hydrogen-bond donors (Lipinski definition) is 2. The Balaban J connectivity index is 1.73. The molecule has 25 heavy (non-hydrogen) atoms. The molecule has 0 saturated carbocycles. The van der Waals surface area contributed by atoms with Crippen molar-refractivity contribution in [2.45, 2.75) is 19.9 Å². The molecule has 0 saturated heterocycles. The van der Waals surface area contributed by atoms with E-state index in [1.807, 2.05) is 31.2 Å². The highest BCUT2D eigenvalue weighted by Gasteiger charge is 2.16. The molecule has 2 aromatic rings. The number of nitrogens with one attached hydrogen (secondary N) is 2. The van der Waals surface area contributed by atoms with Crippen LogP contribution in [0.5, 0.6) is 0 Å². The van der Waals surface area contributed by atoms with Crippen molar-refractivity contribution >= 4 is 23.2 Å². The summed E-state index contributed by atoms with van der Waals surface area (Å²) in [5, 5.41) is 6.80. The van der Waals surface area contributed by atoms with E-state index >= 15 is 0 Å². The van der Waals surface area contributed by atoms with Crippen molar-refractivity contribution in [1.82, 2.24) is 5.32 Å². The molecule has 2 aromatic carbocycles. The van der Waals surface area contributed by atoms with Crippen LogP contribution in [0.25, 0.3) is 0 Å². The van der Waals surface area contributed by atoms with Gasteiger partial charge in [-0.3, -0.25) is 4.79 Å². The maximum absolute atomic E-state index is 12.9. The van der Waals surface area contributed by atoms with Crippen LogP contribution >= 0.6 is 11.6 Å². The highest BCUT2D eigenvalue weighted by atomic mass is 35.5. The maximum Gasteiger partial charge on any atom is 0.231 e. The SMILES string of the molecule is C=C(CCNCc1cccc(Cl)c1)[C@H](C)C(=O)Nc1ccc(F)cc1. The van der Waals surface area contributed by atoms with E-state index in [4.69, 9.17) is 11.6 Å². The van der Waals surface area contributed by atoms with Crippen LogP contribution < -0.4 is 10.6 Å². The van der Waals surface area contributed by atoms with E-state index in [1.165, 1.54) is 24.3 Å². The molecule has 2 rings (SSSR count). The van der Waals surface area contributed by atoms with Gasteiger partial charge in [-0.2, -0.15) is 0 Å². The molecule has 0 aliphatic heterocycles. The van der Waals surface area contributed by atoms with E-state index in [-0.39, 0.29) is 17.6 Å². The first-order valence-corrected chi connectivity index (χ1v) is 8.53. The molecular weight excluding hydrogens is 339 g/mol. The summed E-state index contributed by atoms with van der Waals surface area (Å²) in [6.07, 6.45) is 0.693. The molecule has 1 amide bonds. The Bertz CT molecular complexity index is 731. The van der Waals surface area contributed by atoms with Crippen LogP contribution in [0.3, 0.4) is 0 Å². The Morgan fingerprint density at radius 1 is 1.24 bits per heavy atom. The van der Waals surface area contributed by atoms with Crippen molar-refractivity contribution in [1.29, 1.82) is 0 Å². The van der Waals surface area contributed by atoms with Gasteiger partial charge in [0, 0.05) is 17.3 Å². The average Bonchev–Trinajstić information content (AvgIpc) is 2.60. The van der Waals surface area contributed by atoms with Gasteiger partial charge in [0.2, 0.25) is 5.91 Å². The highest BCUT2D eigenvalue weighted by Crippen LogP contribution is 2.16. The molecule has 0 heterocycles. The quantitative estimate of drug-likeness (QED) is 0.525. The molecule has 0 spiro atoms. The standard InChI is InChI=1S/C20H22ClFN2O/c1-14(10-11-23-13-16-4-3-5-17(21)12-16)15(2)20(25)24-19-8-6-18(22)7-9-19/h3-9,12,15,23H,1,10-11,13H2,2H3,(H,24,25)/t15-/m0/s1. The molecule has 1 atom stereocenters. The minimum atomic E-state index is -0.332. The molecular formula is C20H22ClFN2O. The van der Waals surface area contributed by atoms with Crippen LogP contribution in [-0.4, -0.2) is 12.5 Å². The fourth-order valence-corrected chi connectivity index (χ4v) is 2.53. The van der Waals surface area contributed by atoms with Crippen molar-refractivity contribution in [2.75, 3.05) is 11.9 Å². The van der Waals surface area contributed by atoms with E-state index in [9.17, 15) is 9.18 Å². The summed E-state index contributed by atoms with van der Waals surface area (Å²) in [5.41, 5.74) is 2.53. The van der Waals surface area contributed by atoms with Gasteiger partial charge < -0.3 is 10.6 Å². The zero-order valence-corrected chi connectivity index (χ0v) is 14.9. The van der Waals surface area contributed by atoms with Crippen LogP contribution in [0, 0.1) is 11.7 Å². The molecule has 3 nitrogen and oxygen atoms in total. The van der Waals surface area contributed by atoms with E-state index in [2.05, 4.69) is 17.2 Å². The van der Waals surface area contributed by atoms with E-state index in [0.29, 0.717) is 18.7 Å². The highest BCUT2D eigenvalue weighted by molar-refractivity contribution is 6.30. The van der Waals surface area contributed by atoms with Gasteiger partial charge in [-0.1, -0.05) is 35.9 Å². The molecule has 0 aliphatic carbocycles. The van der Waals surface area contributed by atoms with Crippen LogP contribution in [0.1, 0.15) is 18.9 Å². The zero-order valence-electron chi connectivity index (χ0n) is 14.2. The number of rotatable bonds is 8. The first-order valence-electron chi connectivity index (χ1n) is 8.15. The fourth-order valence-electron chi connectivity index (χ4n) is 2.31. The van der Waals surface area contributed by atoms with E-state index in [1.54, 1.807) is 0 Å². The molecule has 0 aromatic heterocycles. The number of carbonyl (C=O) groups excluding carboxylic acids is 1. The summed E-state index contributed by atoms with van der Waals surface area (Å²) in [4.78, 5) is 12.2. The van der Waals surface area contributed by atoms with Gasteiger partial charge in [0.15, 0.2) is 0 Å². The molecule has 2 N–H and O–H groups in total.